The van der Waals surface area contributed by atoms with Crippen LogP contribution >= 0.6 is 15.9 Å². The Morgan fingerprint density at radius 1 is 1.11 bits per heavy atom. The lowest BCUT2D eigenvalue weighted by molar-refractivity contribution is 0.273. The number of halogens is 3. The maximum absolute atomic E-state index is 13.7. The lowest BCUT2D eigenvalue weighted by Crippen LogP contribution is -2.03. The van der Waals surface area contributed by atoms with E-state index in [4.69, 9.17) is 10.5 Å². The summed E-state index contributed by atoms with van der Waals surface area (Å²) in [6, 6.07) is 9.69. The van der Waals surface area contributed by atoms with Crippen LogP contribution in [0.3, 0.4) is 0 Å². The third-order valence-electron chi connectivity index (χ3n) is 2.62. The Balaban J connectivity index is 2.18. The zero-order valence-corrected chi connectivity index (χ0v) is 11.6. The second kappa shape index (κ2) is 6.12. The summed E-state index contributed by atoms with van der Waals surface area (Å²) in [7, 11) is 0. The highest BCUT2D eigenvalue weighted by Gasteiger charge is 2.13. The Morgan fingerprint density at radius 2 is 1.74 bits per heavy atom. The van der Waals surface area contributed by atoms with Gasteiger partial charge in [-0.25, -0.2) is 8.78 Å². The molecule has 0 aliphatic carbocycles. The van der Waals surface area contributed by atoms with Crippen molar-refractivity contribution in [1.82, 2.24) is 0 Å². The predicted molar refractivity (Wildman–Crippen MR) is 72.7 cm³/mol. The third-order valence-corrected chi connectivity index (χ3v) is 3.40. The fraction of sp³-hybridized carbons (Fsp3) is 0.143. The van der Waals surface area contributed by atoms with Crippen LogP contribution in [0.4, 0.5) is 8.78 Å². The van der Waals surface area contributed by atoms with Crippen LogP contribution in [0.5, 0.6) is 5.75 Å². The van der Waals surface area contributed by atoms with E-state index in [9.17, 15) is 8.78 Å². The number of nitrogens with two attached hydrogens (primary N) is 1. The molecule has 2 nitrogen and oxygen atoms in total. The molecule has 5 heteroatoms. The van der Waals surface area contributed by atoms with Gasteiger partial charge in [-0.3, -0.25) is 0 Å². The molecule has 0 bridgehead atoms. The van der Waals surface area contributed by atoms with Crippen LogP contribution in [0, 0.1) is 11.6 Å². The molecule has 100 valence electrons. The fourth-order valence-electron chi connectivity index (χ4n) is 1.63. The quantitative estimate of drug-likeness (QED) is 0.927. The molecule has 2 aromatic carbocycles. The molecule has 0 aliphatic rings. The Morgan fingerprint density at radius 3 is 2.32 bits per heavy atom. The predicted octanol–water partition coefficient (Wildman–Crippen LogP) is 3.77. The van der Waals surface area contributed by atoms with Gasteiger partial charge in [-0.15, -0.1) is 0 Å². The monoisotopic (exact) mass is 327 g/mol. The second-order valence-electron chi connectivity index (χ2n) is 3.97. The SMILES string of the molecule is NCc1cc(F)c(OCc2ccccc2Br)c(F)c1. The minimum absolute atomic E-state index is 0.0806. The summed E-state index contributed by atoms with van der Waals surface area (Å²) in [5, 5.41) is 0. The first-order valence-corrected chi connectivity index (χ1v) is 6.45. The molecule has 0 atom stereocenters. The number of hydrogen-bond acceptors (Lipinski definition) is 2. The van der Waals surface area contributed by atoms with Crippen molar-refractivity contribution in [3.05, 3.63) is 63.6 Å². The molecule has 2 aromatic rings. The van der Waals surface area contributed by atoms with E-state index < -0.39 is 11.6 Å². The van der Waals surface area contributed by atoms with Crippen LogP contribution in [-0.2, 0) is 13.2 Å². The normalized spacial score (nSPS) is 10.5. The molecule has 0 amide bonds. The molecular formula is C14H12BrF2NO. The van der Waals surface area contributed by atoms with Crippen LogP contribution < -0.4 is 10.5 Å². The van der Waals surface area contributed by atoms with Crippen molar-refractivity contribution in [2.45, 2.75) is 13.2 Å². The van der Waals surface area contributed by atoms with Crippen molar-refractivity contribution in [1.29, 1.82) is 0 Å². The van der Waals surface area contributed by atoms with Gasteiger partial charge in [0, 0.05) is 16.6 Å². The Kier molecular flexibility index (Phi) is 4.50. The molecule has 0 saturated carbocycles. The summed E-state index contributed by atoms with van der Waals surface area (Å²) in [6.45, 7) is 0.162. The van der Waals surface area contributed by atoms with E-state index in [1.165, 1.54) is 12.1 Å². The van der Waals surface area contributed by atoms with Gasteiger partial charge in [0.2, 0.25) is 0 Å². The van der Waals surface area contributed by atoms with E-state index in [0.29, 0.717) is 5.56 Å². The van der Waals surface area contributed by atoms with Crippen molar-refractivity contribution >= 4 is 15.9 Å². The summed E-state index contributed by atoms with van der Waals surface area (Å²) in [5.41, 5.74) is 6.54. The summed E-state index contributed by atoms with van der Waals surface area (Å²) in [6.07, 6.45) is 0. The highest BCUT2D eigenvalue weighted by Crippen LogP contribution is 2.25. The van der Waals surface area contributed by atoms with Crippen molar-refractivity contribution < 1.29 is 13.5 Å². The summed E-state index contributed by atoms with van der Waals surface area (Å²) < 4.78 is 33.4. The number of benzene rings is 2. The van der Waals surface area contributed by atoms with Gasteiger partial charge in [0.05, 0.1) is 0 Å². The lowest BCUT2D eigenvalue weighted by Gasteiger charge is -2.10. The molecule has 0 heterocycles. The van der Waals surface area contributed by atoms with Gasteiger partial charge in [0.1, 0.15) is 6.61 Å². The maximum atomic E-state index is 13.7. The molecule has 0 unspecified atom stereocenters. The van der Waals surface area contributed by atoms with Crippen LogP contribution in [0.1, 0.15) is 11.1 Å². The molecule has 0 saturated heterocycles. The van der Waals surface area contributed by atoms with Gasteiger partial charge in [0.25, 0.3) is 0 Å². The highest BCUT2D eigenvalue weighted by atomic mass is 79.9. The van der Waals surface area contributed by atoms with Crippen molar-refractivity contribution in [3.63, 3.8) is 0 Å². The van der Waals surface area contributed by atoms with Gasteiger partial charge in [0.15, 0.2) is 17.4 Å². The Labute approximate surface area is 118 Å². The average molecular weight is 328 g/mol. The maximum Gasteiger partial charge on any atom is 0.191 e. The standard InChI is InChI=1S/C14H12BrF2NO/c15-11-4-2-1-3-10(11)8-19-14-12(16)5-9(7-18)6-13(14)17/h1-6H,7-8,18H2. The van der Waals surface area contributed by atoms with Gasteiger partial charge < -0.3 is 10.5 Å². The Hall–Kier alpha value is -1.46. The number of ether oxygens (including phenoxy) is 1. The van der Waals surface area contributed by atoms with Crippen molar-refractivity contribution in [2.75, 3.05) is 0 Å². The van der Waals surface area contributed by atoms with Gasteiger partial charge in [-0.05, 0) is 23.8 Å². The smallest absolute Gasteiger partial charge is 0.191 e. The van der Waals surface area contributed by atoms with Crippen LogP contribution in [0.2, 0.25) is 0 Å². The largest absolute Gasteiger partial charge is 0.483 e. The van der Waals surface area contributed by atoms with Crippen molar-refractivity contribution in [3.8, 4) is 5.75 Å². The molecular weight excluding hydrogens is 316 g/mol. The first-order chi connectivity index (χ1) is 9.11. The zero-order valence-electron chi connectivity index (χ0n) is 10.00. The first-order valence-electron chi connectivity index (χ1n) is 5.66. The second-order valence-corrected chi connectivity index (χ2v) is 4.83. The molecule has 0 aliphatic heterocycles. The third kappa shape index (κ3) is 3.30. The molecule has 0 radical (unpaired) electrons. The van der Waals surface area contributed by atoms with E-state index in [1.807, 2.05) is 24.3 Å². The fourth-order valence-corrected chi connectivity index (χ4v) is 2.03. The van der Waals surface area contributed by atoms with E-state index >= 15 is 0 Å². The van der Waals surface area contributed by atoms with Crippen LogP contribution in [-0.4, -0.2) is 0 Å². The minimum atomic E-state index is -0.743. The number of hydrogen-bond donors (Lipinski definition) is 1. The first kappa shape index (κ1) is 14.0. The minimum Gasteiger partial charge on any atom is -0.483 e. The molecule has 0 aromatic heterocycles. The van der Waals surface area contributed by atoms with Gasteiger partial charge >= 0.3 is 0 Å². The highest BCUT2D eigenvalue weighted by molar-refractivity contribution is 9.10. The zero-order chi connectivity index (χ0) is 13.8. The van der Waals surface area contributed by atoms with E-state index in [2.05, 4.69) is 15.9 Å². The van der Waals surface area contributed by atoms with Crippen LogP contribution in [0.15, 0.2) is 40.9 Å². The molecule has 0 fully saturated rings. The summed E-state index contributed by atoms with van der Waals surface area (Å²) in [4.78, 5) is 0. The lowest BCUT2D eigenvalue weighted by atomic mass is 10.2. The van der Waals surface area contributed by atoms with Gasteiger partial charge in [-0.2, -0.15) is 0 Å². The van der Waals surface area contributed by atoms with E-state index in [1.54, 1.807) is 0 Å². The number of rotatable bonds is 4. The molecule has 19 heavy (non-hydrogen) atoms. The van der Waals surface area contributed by atoms with Crippen molar-refractivity contribution in [2.24, 2.45) is 5.73 Å². The summed E-state index contributed by atoms with van der Waals surface area (Å²) in [5.74, 6) is -1.87. The summed E-state index contributed by atoms with van der Waals surface area (Å²) >= 11 is 3.35. The average Bonchev–Trinajstić information content (AvgIpc) is 2.39. The Bertz CT molecular complexity index is 566. The van der Waals surface area contributed by atoms with Crippen LogP contribution in [0.25, 0.3) is 0 Å². The van der Waals surface area contributed by atoms with Gasteiger partial charge in [-0.1, -0.05) is 34.1 Å². The van der Waals surface area contributed by atoms with E-state index in [0.717, 1.165) is 10.0 Å². The van der Waals surface area contributed by atoms with E-state index in [-0.39, 0.29) is 18.9 Å². The topological polar surface area (TPSA) is 35.2 Å². The molecule has 2 N–H and O–H groups in total. The molecule has 0 spiro atoms. The molecule has 2 rings (SSSR count).